The highest BCUT2D eigenvalue weighted by Crippen LogP contribution is 2.25. The van der Waals surface area contributed by atoms with Gasteiger partial charge in [0.1, 0.15) is 5.82 Å². The van der Waals surface area contributed by atoms with Crippen LogP contribution in [0.2, 0.25) is 0 Å². The second kappa shape index (κ2) is 4.57. The van der Waals surface area contributed by atoms with Gasteiger partial charge in [-0.1, -0.05) is 29.8 Å². The summed E-state index contributed by atoms with van der Waals surface area (Å²) in [5, 5.41) is 4.12. The molecule has 0 saturated carbocycles. The Balaban J connectivity index is 2.40. The molecule has 1 atom stereocenters. The van der Waals surface area contributed by atoms with Crippen LogP contribution in [0.25, 0.3) is 0 Å². The Bertz CT molecular complexity index is 500. The molecule has 0 aliphatic heterocycles. The Labute approximate surface area is 100 Å². The van der Waals surface area contributed by atoms with Crippen LogP contribution in [0.4, 0.5) is 5.82 Å². The lowest BCUT2D eigenvalue weighted by Crippen LogP contribution is -2.29. The van der Waals surface area contributed by atoms with Crippen LogP contribution < -0.4 is 17.0 Å². The number of rotatable bonds is 3. The third-order valence-electron chi connectivity index (χ3n) is 2.90. The van der Waals surface area contributed by atoms with Crippen molar-refractivity contribution >= 4 is 5.82 Å². The molecule has 5 N–H and O–H groups in total. The number of aromatic nitrogens is 2. The molecule has 5 heteroatoms. The summed E-state index contributed by atoms with van der Waals surface area (Å²) in [6, 6.07) is 8.03. The summed E-state index contributed by atoms with van der Waals surface area (Å²) in [6.45, 7) is 2.05. The van der Waals surface area contributed by atoms with E-state index in [0.29, 0.717) is 5.82 Å². The van der Waals surface area contributed by atoms with E-state index in [-0.39, 0.29) is 6.04 Å². The van der Waals surface area contributed by atoms with Crippen molar-refractivity contribution in [2.75, 3.05) is 5.73 Å². The van der Waals surface area contributed by atoms with Crippen LogP contribution >= 0.6 is 0 Å². The van der Waals surface area contributed by atoms with Gasteiger partial charge in [-0.15, -0.1) is 0 Å². The average Bonchev–Trinajstić information content (AvgIpc) is 2.65. The van der Waals surface area contributed by atoms with Gasteiger partial charge in [-0.05, 0) is 12.5 Å². The van der Waals surface area contributed by atoms with Gasteiger partial charge in [-0.2, -0.15) is 5.10 Å². The third kappa shape index (κ3) is 2.15. The van der Waals surface area contributed by atoms with Crippen molar-refractivity contribution in [2.45, 2.75) is 13.0 Å². The van der Waals surface area contributed by atoms with Crippen molar-refractivity contribution in [1.82, 2.24) is 15.2 Å². The first-order valence-electron chi connectivity index (χ1n) is 5.43. The van der Waals surface area contributed by atoms with Gasteiger partial charge in [0.05, 0.1) is 12.2 Å². The Morgan fingerprint density at radius 3 is 2.41 bits per heavy atom. The summed E-state index contributed by atoms with van der Waals surface area (Å²) in [6.07, 6.45) is 1.74. The number of benzene rings is 1. The van der Waals surface area contributed by atoms with E-state index in [1.165, 1.54) is 5.56 Å². The number of hydrogen-bond donors (Lipinski definition) is 3. The van der Waals surface area contributed by atoms with Crippen LogP contribution in [0.15, 0.2) is 30.5 Å². The zero-order valence-corrected chi connectivity index (χ0v) is 10.0. The molecule has 0 bridgehead atoms. The minimum Gasteiger partial charge on any atom is -0.384 e. The van der Waals surface area contributed by atoms with Crippen LogP contribution in [-0.2, 0) is 7.05 Å². The van der Waals surface area contributed by atoms with E-state index in [1.807, 2.05) is 38.2 Å². The van der Waals surface area contributed by atoms with E-state index in [0.717, 1.165) is 11.1 Å². The number of aryl methyl sites for hydroxylation is 2. The van der Waals surface area contributed by atoms with E-state index in [9.17, 15) is 0 Å². The number of nitrogens with two attached hydrogens (primary N) is 2. The van der Waals surface area contributed by atoms with Crippen molar-refractivity contribution in [3.8, 4) is 0 Å². The normalized spacial score (nSPS) is 12.6. The molecule has 0 saturated heterocycles. The molecule has 0 aliphatic rings. The highest BCUT2D eigenvalue weighted by atomic mass is 15.3. The molecular formula is C12H17N5. The monoisotopic (exact) mass is 231 g/mol. The van der Waals surface area contributed by atoms with E-state index < -0.39 is 0 Å². The van der Waals surface area contributed by atoms with Gasteiger partial charge >= 0.3 is 0 Å². The van der Waals surface area contributed by atoms with Crippen molar-refractivity contribution in [1.29, 1.82) is 0 Å². The Kier molecular flexibility index (Phi) is 3.12. The highest BCUT2D eigenvalue weighted by molar-refractivity contribution is 5.45. The van der Waals surface area contributed by atoms with Gasteiger partial charge in [0.2, 0.25) is 0 Å². The lowest BCUT2D eigenvalue weighted by molar-refractivity contribution is 0.638. The van der Waals surface area contributed by atoms with Gasteiger partial charge in [0, 0.05) is 12.6 Å². The predicted molar refractivity (Wildman–Crippen MR) is 68.0 cm³/mol. The topological polar surface area (TPSA) is 81.9 Å². The van der Waals surface area contributed by atoms with Crippen molar-refractivity contribution < 1.29 is 0 Å². The maximum absolute atomic E-state index is 5.95. The molecule has 0 spiro atoms. The zero-order valence-electron chi connectivity index (χ0n) is 10.0. The van der Waals surface area contributed by atoms with Crippen molar-refractivity contribution in [3.63, 3.8) is 0 Å². The standard InChI is InChI=1S/C12H17N5/c1-8-3-5-9(6-4-8)11(16-14)10-7-15-17(2)12(10)13/h3-7,11,16H,13-14H2,1-2H3. The van der Waals surface area contributed by atoms with E-state index >= 15 is 0 Å². The largest absolute Gasteiger partial charge is 0.384 e. The fourth-order valence-corrected chi connectivity index (χ4v) is 1.81. The van der Waals surface area contributed by atoms with Crippen molar-refractivity contribution in [3.05, 3.63) is 47.2 Å². The quantitative estimate of drug-likeness (QED) is 0.540. The fraction of sp³-hybridized carbons (Fsp3) is 0.250. The molecule has 2 rings (SSSR count). The van der Waals surface area contributed by atoms with Gasteiger partial charge in [-0.3, -0.25) is 10.5 Å². The van der Waals surface area contributed by atoms with Crippen LogP contribution in [0.3, 0.4) is 0 Å². The van der Waals surface area contributed by atoms with Gasteiger partial charge < -0.3 is 5.73 Å². The Morgan fingerprint density at radius 2 is 1.94 bits per heavy atom. The summed E-state index contributed by atoms with van der Waals surface area (Å²) in [5.74, 6) is 6.23. The number of nitrogen functional groups attached to an aromatic ring is 1. The number of hydrazine groups is 1. The van der Waals surface area contributed by atoms with E-state index in [4.69, 9.17) is 11.6 Å². The van der Waals surface area contributed by atoms with Crippen LogP contribution in [0.5, 0.6) is 0 Å². The summed E-state index contributed by atoms with van der Waals surface area (Å²) in [7, 11) is 1.81. The van der Waals surface area contributed by atoms with E-state index in [1.54, 1.807) is 10.9 Å². The molecule has 1 aromatic heterocycles. The molecule has 0 aliphatic carbocycles. The molecule has 2 aromatic rings. The molecule has 5 nitrogen and oxygen atoms in total. The van der Waals surface area contributed by atoms with Gasteiger partial charge in [-0.25, -0.2) is 5.43 Å². The third-order valence-corrected chi connectivity index (χ3v) is 2.90. The fourth-order valence-electron chi connectivity index (χ4n) is 1.81. The molecular weight excluding hydrogens is 214 g/mol. The maximum Gasteiger partial charge on any atom is 0.126 e. The summed E-state index contributed by atoms with van der Waals surface area (Å²) in [5.41, 5.74) is 11.9. The van der Waals surface area contributed by atoms with Crippen LogP contribution in [0.1, 0.15) is 22.7 Å². The summed E-state index contributed by atoms with van der Waals surface area (Å²) in [4.78, 5) is 0. The molecule has 90 valence electrons. The minimum atomic E-state index is -0.135. The molecule has 17 heavy (non-hydrogen) atoms. The summed E-state index contributed by atoms with van der Waals surface area (Å²) >= 11 is 0. The van der Waals surface area contributed by atoms with Gasteiger partial charge in [0.25, 0.3) is 0 Å². The summed E-state index contributed by atoms with van der Waals surface area (Å²) < 4.78 is 1.63. The Morgan fingerprint density at radius 1 is 1.29 bits per heavy atom. The molecule has 1 heterocycles. The second-order valence-corrected chi connectivity index (χ2v) is 4.12. The number of nitrogens with one attached hydrogen (secondary N) is 1. The first kappa shape index (κ1) is 11.6. The van der Waals surface area contributed by atoms with E-state index in [2.05, 4.69) is 10.5 Å². The molecule has 1 aromatic carbocycles. The minimum absolute atomic E-state index is 0.135. The maximum atomic E-state index is 5.95. The SMILES string of the molecule is Cc1ccc(C(NN)c2cnn(C)c2N)cc1. The molecule has 1 unspecified atom stereocenters. The number of nitrogens with zero attached hydrogens (tertiary/aromatic N) is 2. The molecule has 0 fully saturated rings. The zero-order chi connectivity index (χ0) is 12.4. The van der Waals surface area contributed by atoms with Crippen molar-refractivity contribution in [2.24, 2.45) is 12.9 Å². The average molecular weight is 231 g/mol. The second-order valence-electron chi connectivity index (χ2n) is 4.12. The number of hydrogen-bond acceptors (Lipinski definition) is 4. The predicted octanol–water partition coefficient (Wildman–Crippen LogP) is 0.863. The highest BCUT2D eigenvalue weighted by Gasteiger charge is 2.17. The smallest absolute Gasteiger partial charge is 0.126 e. The Hall–Kier alpha value is -1.85. The van der Waals surface area contributed by atoms with Crippen LogP contribution in [-0.4, -0.2) is 9.78 Å². The lowest BCUT2D eigenvalue weighted by atomic mass is 10.0. The van der Waals surface area contributed by atoms with Gasteiger partial charge in [0.15, 0.2) is 0 Å². The molecule has 0 amide bonds. The van der Waals surface area contributed by atoms with Crippen LogP contribution in [0, 0.1) is 6.92 Å². The first-order chi connectivity index (χ1) is 8.13. The lowest BCUT2D eigenvalue weighted by Gasteiger charge is -2.16. The number of anilines is 1. The molecule has 0 radical (unpaired) electrons. The first-order valence-corrected chi connectivity index (χ1v) is 5.43.